The quantitative estimate of drug-likeness (QED) is 0.476. The number of nitrogens with zero attached hydrogens (tertiary/aromatic N) is 3. The second kappa shape index (κ2) is 9.01. The van der Waals surface area contributed by atoms with Crippen molar-refractivity contribution in [1.29, 1.82) is 0 Å². The van der Waals surface area contributed by atoms with E-state index in [1.165, 1.54) is 0 Å². The van der Waals surface area contributed by atoms with E-state index in [4.69, 9.17) is 5.84 Å². The topological polar surface area (TPSA) is 119 Å². The van der Waals surface area contributed by atoms with Gasteiger partial charge in [-0.05, 0) is 94.9 Å². The van der Waals surface area contributed by atoms with E-state index in [2.05, 4.69) is 22.7 Å². The number of carbonyl (C=O) groups is 1. The Morgan fingerprint density at radius 1 is 1.14 bits per heavy atom. The minimum Gasteiger partial charge on any atom is -0.390 e. The zero-order valence-electron chi connectivity index (χ0n) is 21.7. The van der Waals surface area contributed by atoms with Crippen LogP contribution in [0.1, 0.15) is 80.8 Å². The van der Waals surface area contributed by atoms with Crippen LogP contribution in [0.5, 0.6) is 0 Å². The predicted octanol–water partition coefficient (Wildman–Crippen LogP) is 2.89. The number of nitrogens with two attached hydrogens (primary N) is 1. The van der Waals surface area contributed by atoms with Crippen molar-refractivity contribution in [3.8, 4) is 0 Å². The monoisotopic (exact) mass is 517 g/mol. The van der Waals surface area contributed by atoms with Crippen molar-refractivity contribution in [2.75, 3.05) is 17.5 Å². The molecule has 0 spiro atoms. The molecule has 10 heteroatoms. The van der Waals surface area contributed by atoms with E-state index >= 15 is 0 Å². The van der Waals surface area contributed by atoms with Crippen LogP contribution in [0.4, 0.5) is 5.69 Å². The largest absolute Gasteiger partial charge is 0.390 e. The fourth-order valence-corrected chi connectivity index (χ4v) is 6.81. The summed E-state index contributed by atoms with van der Waals surface area (Å²) in [6, 6.07) is 4.13. The van der Waals surface area contributed by atoms with E-state index in [0.29, 0.717) is 30.3 Å². The van der Waals surface area contributed by atoms with Crippen LogP contribution in [0.15, 0.2) is 18.2 Å². The summed E-state index contributed by atoms with van der Waals surface area (Å²) in [7, 11) is -3.58. The zero-order chi connectivity index (χ0) is 26.0. The van der Waals surface area contributed by atoms with E-state index < -0.39 is 15.6 Å². The van der Waals surface area contributed by atoms with Crippen LogP contribution in [0.3, 0.4) is 0 Å². The van der Waals surface area contributed by atoms with Crippen molar-refractivity contribution >= 4 is 27.3 Å². The summed E-state index contributed by atoms with van der Waals surface area (Å²) in [4.78, 5) is 15.3. The van der Waals surface area contributed by atoms with Gasteiger partial charge in [0.1, 0.15) is 0 Å². The Labute approximate surface area is 214 Å². The molecule has 0 radical (unpaired) electrons. The second-order valence-corrected chi connectivity index (χ2v) is 13.4. The maximum absolute atomic E-state index is 13.4. The molecule has 2 aliphatic carbocycles. The molecule has 2 heterocycles. The maximum Gasteiger partial charge on any atom is 0.256 e. The second-order valence-electron chi connectivity index (χ2n) is 11.7. The summed E-state index contributed by atoms with van der Waals surface area (Å²) in [5.41, 5.74) is 2.73. The summed E-state index contributed by atoms with van der Waals surface area (Å²) in [6.45, 7) is 6.88. The van der Waals surface area contributed by atoms with Gasteiger partial charge in [0.2, 0.25) is 10.0 Å². The Bertz CT molecular complexity index is 1180. The molecule has 36 heavy (non-hydrogen) atoms. The Kier molecular flexibility index (Phi) is 6.38. The molecular formula is C26H39N5O4S. The van der Waals surface area contributed by atoms with Gasteiger partial charge in [-0.25, -0.2) is 8.42 Å². The third-order valence-corrected chi connectivity index (χ3v) is 9.05. The van der Waals surface area contributed by atoms with Gasteiger partial charge >= 0.3 is 0 Å². The molecule has 1 atom stereocenters. The smallest absolute Gasteiger partial charge is 0.256 e. The first-order chi connectivity index (χ1) is 16.8. The number of hydrazine groups is 2. The zero-order valence-corrected chi connectivity index (χ0v) is 22.5. The number of carbonyl (C=O) groups excluding carboxylic acids is 1. The van der Waals surface area contributed by atoms with Crippen molar-refractivity contribution in [2.24, 2.45) is 17.7 Å². The van der Waals surface area contributed by atoms with E-state index in [9.17, 15) is 18.3 Å². The first-order valence-corrected chi connectivity index (χ1v) is 14.9. The van der Waals surface area contributed by atoms with Gasteiger partial charge in [-0.2, -0.15) is 5.12 Å². The van der Waals surface area contributed by atoms with Crippen molar-refractivity contribution in [3.05, 3.63) is 34.9 Å². The fourth-order valence-electron chi connectivity index (χ4n) is 6.25. The van der Waals surface area contributed by atoms with E-state index in [1.807, 2.05) is 24.8 Å². The van der Waals surface area contributed by atoms with Crippen LogP contribution < -0.4 is 10.6 Å². The predicted molar refractivity (Wildman–Crippen MR) is 140 cm³/mol. The van der Waals surface area contributed by atoms with Gasteiger partial charge in [-0.3, -0.25) is 20.4 Å². The lowest BCUT2D eigenvalue weighted by atomic mass is 9.77. The van der Waals surface area contributed by atoms with Crippen LogP contribution in [-0.4, -0.2) is 64.9 Å². The van der Waals surface area contributed by atoms with Gasteiger partial charge in [0.15, 0.2) is 0 Å². The summed E-state index contributed by atoms with van der Waals surface area (Å²) >= 11 is 0. The number of fused-ring (bicyclic) bond motifs is 1. The molecule has 5 rings (SSSR count). The standard InChI is InChI=1S/C26H39N5O4S/c1-16(17-5-6-17)29-15-19-13-18(14-22(24(19)25(29)32)28-36(4,34)35)23-11-12-30(27)31(23)21-9-7-20(8-10-21)26(2,3)33/h11,13-14,16-17,20-21,28,33H,5-10,12,15,27H2,1-4H3/t16?,20-,21-. The summed E-state index contributed by atoms with van der Waals surface area (Å²) in [5, 5.41) is 14.3. The summed E-state index contributed by atoms with van der Waals surface area (Å²) in [5.74, 6) is 7.09. The molecule has 1 aromatic carbocycles. The number of hydrogen-bond donors (Lipinski definition) is 3. The minimum atomic E-state index is -3.58. The highest BCUT2D eigenvalue weighted by Crippen LogP contribution is 2.43. The minimum absolute atomic E-state index is 0.107. The maximum atomic E-state index is 13.4. The van der Waals surface area contributed by atoms with E-state index in [1.54, 1.807) is 11.2 Å². The number of amides is 1. The van der Waals surface area contributed by atoms with Crippen molar-refractivity contribution in [3.63, 3.8) is 0 Å². The number of hydrogen-bond acceptors (Lipinski definition) is 7. The summed E-state index contributed by atoms with van der Waals surface area (Å²) in [6.07, 6.45) is 9.08. The van der Waals surface area contributed by atoms with Gasteiger partial charge in [0.25, 0.3) is 5.91 Å². The van der Waals surface area contributed by atoms with Gasteiger partial charge < -0.3 is 10.0 Å². The molecule has 4 N–H and O–H groups in total. The van der Waals surface area contributed by atoms with Gasteiger partial charge in [0.05, 0.1) is 35.3 Å². The van der Waals surface area contributed by atoms with E-state index in [0.717, 1.165) is 61.6 Å². The van der Waals surface area contributed by atoms with Crippen LogP contribution in [0.2, 0.25) is 0 Å². The summed E-state index contributed by atoms with van der Waals surface area (Å²) < 4.78 is 27.1. The fraction of sp³-hybridized carbons (Fsp3) is 0.654. The molecule has 0 bridgehead atoms. The normalized spacial score (nSPS) is 26.3. The third-order valence-electron chi connectivity index (χ3n) is 8.46. The highest BCUT2D eigenvalue weighted by atomic mass is 32.2. The van der Waals surface area contributed by atoms with Gasteiger partial charge in [-0.15, -0.1) is 0 Å². The third kappa shape index (κ3) is 4.88. The first-order valence-electron chi connectivity index (χ1n) is 13.0. The van der Waals surface area contributed by atoms with Crippen molar-refractivity contribution in [2.45, 2.75) is 83.5 Å². The average Bonchev–Trinajstić information content (AvgIpc) is 3.48. The van der Waals surface area contributed by atoms with Crippen molar-refractivity contribution in [1.82, 2.24) is 15.0 Å². The van der Waals surface area contributed by atoms with Crippen LogP contribution >= 0.6 is 0 Å². The number of aliphatic hydroxyl groups is 1. The number of anilines is 1. The molecule has 9 nitrogen and oxygen atoms in total. The van der Waals surface area contributed by atoms with Gasteiger partial charge in [0, 0.05) is 24.2 Å². The average molecular weight is 518 g/mol. The molecule has 1 aromatic rings. The highest BCUT2D eigenvalue weighted by molar-refractivity contribution is 7.92. The molecule has 1 unspecified atom stereocenters. The SMILES string of the molecule is CC(C1CC1)N1Cc2cc(C3=CCN(N)N3[C@H]3CC[C@H](C(C)(C)O)CC3)cc(NS(C)(=O)=O)c2C1=O. The lowest BCUT2D eigenvalue weighted by Crippen LogP contribution is -2.50. The Morgan fingerprint density at radius 2 is 1.81 bits per heavy atom. The van der Waals surface area contributed by atoms with Crippen LogP contribution in [0, 0.1) is 11.8 Å². The lowest BCUT2D eigenvalue weighted by Gasteiger charge is -2.42. The Morgan fingerprint density at radius 3 is 2.39 bits per heavy atom. The van der Waals surface area contributed by atoms with Crippen LogP contribution in [-0.2, 0) is 16.6 Å². The molecule has 2 fully saturated rings. The molecule has 2 aliphatic heterocycles. The molecule has 4 aliphatic rings. The number of rotatable bonds is 7. The molecule has 0 saturated heterocycles. The van der Waals surface area contributed by atoms with Gasteiger partial charge in [-0.1, -0.05) is 0 Å². The molecule has 0 aromatic heterocycles. The molecule has 198 valence electrons. The van der Waals surface area contributed by atoms with Crippen molar-refractivity contribution < 1.29 is 18.3 Å². The Balaban J connectivity index is 1.46. The highest BCUT2D eigenvalue weighted by Gasteiger charge is 2.41. The number of nitrogens with one attached hydrogen (secondary N) is 1. The molecule has 1 amide bonds. The molecular weight excluding hydrogens is 478 g/mol. The number of sulfonamides is 1. The Hall–Kier alpha value is -2.14. The lowest BCUT2D eigenvalue weighted by molar-refractivity contribution is -0.0374. The number of benzene rings is 1. The molecule has 2 saturated carbocycles. The first kappa shape index (κ1) is 25.5. The van der Waals surface area contributed by atoms with Crippen LogP contribution in [0.25, 0.3) is 5.70 Å². The van der Waals surface area contributed by atoms with E-state index in [-0.39, 0.29) is 23.9 Å².